The molecule has 27 heavy (non-hydrogen) atoms. The van der Waals surface area contributed by atoms with Crippen molar-refractivity contribution in [1.82, 2.24) is 0 Å². The lowest BCUT2D eigenvalue weighted by atomic mass is 9.49. The van der Waals surface area contributed by atoms with Crippen molar-refractivity contribution in [2.24, 2.45) is 23.2 Å². The number of carbonyl (C=O) groups excluding carboxylic acids is 1. The minimum Gasteiger partial charge on any atom is -0.488 e. The van der Waals surface area contributed by atoms with Crippen LogP contribution in [-0.2, 0) is 4.74 Å². The summed E-state index contributed by atoms with van der Waals surface area (Å²) in [5.74, 6) is 0.824. The first-order valence-corrected chi connectivity index (χ1v) is 10.3. The van der Waals surface area contributed by atoms with Crippen molar-refractivity contribution in [2.75, 3.05) is 0 Å². The van der Waals surface area contributed by atoms with Gasteiger partial charge in [-0.3, -0.25) is 0 Å². The van der Waals surface area contributed by atoms with Crippen LogP contribution < -0.4 is 4.74 Å². The molecule has 0 radical (unpaired) electrons. The van der Waals surface area contributed by atoms with Gasteiger partial charge in [-0.15, -0.1) is 0 Å². The van der Waals surface area contributed by atoms with Crippen molar-refractivity contribution in [2.45, 2.75) is 71.5 Å². The number of rotatable bonds is 3. The summed E-state index contributed by atoms with van der Waals surface area (Å²) in [5.41, 5.74) is -0.395. The predicted molar refractivity (Wildman–Crippen MR) is 103 cm³/mol. The highest BCUT2D eigenvalue weighted by Gasteiger charge is 2.54. The fourth-order valence-electron chi connectivity index (χ4n) is 5.83. The molecular weight excluding hydrogens is 367 g/mol. The van der Waals surface area contributed by atoms with E-state index < -0.39 is 17.4 Å². The molecule has 148 valence electrons. The monoisotopic (exact) mass is 394 g/mol. The minimum absolute atomic E-state index is 0.0962. The SMILES string of the molecule is CC12CC3CC(C1)C(Oc1cc(F)c(C(=O)OC(C)(C)C)cc1Cl)C(C3)C2. The molecule has 0 saturated heterocycles. The number of halogens is 2. The molecule has 2 unspecified atom stereocenters. The number of carbonyl (C=O) groups is 1. The zero-order chi connectivity index (χ0) is 19.6. The Morgan fingerprint density at radius 3 is 2.37 bits per heavy atom. The molecule has 4 fully saturated rings. The molecule has 0 spiro atoms. The van der Waals surface area contributed by atoms with Crippen LogP contribution in [0.2, 0.25) is 5.02 Å². The summed E-state index contributed by atoms with van der Waals surface area (Å²) in [5, 5.41) is 0.261. The van der Waals surface area contributed by atoms with Crippen molar-refractivity contribution in [3.8, 4) is 5.75 Å². The van der Waals surface area contributed by atoms with Gasteiger partial charge in [0.25, 0.3) is 0 Å². The third kappa shape index (κ3) is 3.70. The molecule has 0 amide bonds. The van der Waals surface area contributed by atoms with Crippen molar-refractivity contribution >= 4 is 17.6 Å². The van der Waals surface area contributed by atoms with Crippen LogP contribution in [0, 0.1) is 29.0 Å². The van der Waals surface area contributed by atoms with Gasteiger partial charge in [-0.2, -0.15) is 0 Å². The molecule has 5 rings (SSSR count). The third-order valence-electron chi connectivity index (χ3n) is 6.40. The van der Waals surface area contributed by atoms with E-state index in [4.69, 9.17) is 21.1 Å². The first kappa shape index (κ1) is 19.0. The van der Waals surface area contributed by atoms with E-state index in [2.05, 4.69) is 6.92 Å². The first-order chi connectivity index (χ1) is 12.5. The largest absolute Gasteiger partial charge is 0.488 e. The Balaban J connectivity index is 1.54. The summed E-state index contributed by atoms with van der Waals surface area (Å²) in [6.45, 7) is 7.63. The van der Waals surface area contributed by atoms with Crippen LogP contribution in [0.3, 0.4) is 0 Å². The van der Waals surface area contributed by atoms with E-state index in [0.717, 1.165) is 5.92 Å². The highest BCUT2D eigenvalue weighted by Crippen LogP contribution is 2.60. The van der Waals surface area contributed by atoms with E-state index in [-0.39, 0.29) is 16.7 Å². The van der Waals surface area contributed by atoms with Crippen molar-refractivity contribution in [1.29, 1.82) is 0 Å². The highest BCUT2D eigenvalue weighted by atomic mass is 35.5. The van der Waals surface area contributed by atoms with Gasteiger partial charge in [0.2, 0.25) is 0 Å². The Morgan fingerprint density at radius 1 is 1.19 bits per heavy atom. The molecule has 3 nitrogen and oxygen atoms in total. The minimum atomic E-state index is -0.712. The average Bonchev–Trinajstić information content (AvgIpc) is 2.50. The Kier molecular flexibility index (Phi) is 4.49. The molecule has 1 aromatic carbocycles. The fourth-order valence-corrected chi connectivity index (χ4v) is 6.04. The molecule has 0 N–H and O–H groups in total. The average molecular weight is 395 g/mol. The van der Waals surface area contributed by atoms with Gasteiger partial charge in [-0.25, -0.2) is 9.18 Å². The molecule has 4 aliphatic rings. The van der Waals surface area contributed by atoms with Crippen molar-refractivity contribution < 1.29 is 18.7 Å². The Labute approximate surface area is 165 Å². The van der Waals surface area contributed by atoms with Gasteiger partial charge < -0.3 is 9.47 Å². The van der Waals surface area contributed by atoms with E-state index in [1.165, 1.54) is 44.2 Å². The summed E-state index contributed by atoms with van der Waals surface area (Å²) in [6.07, 6.45) is 6.20. The molecule has 5 heteroatoms. The summed E-state index contributed by atoms with van der Waals surface area (Å²) in [6, 6.07) is 2.58. The van der Waals surface area contributed by atoms with Crippen molar-refractivity contribution in [3.63, 3.8) is 0 Å². The normalized spacial score (nSPS) is 34.6. The third-order valence-corrected chi connectivity index (χ3v) is 6.69. The molecule has 0 aliphatic heterocycles. The van der Waals surface area contributed by atoms with Gasteiger partial charge in [0.15, 0.2) is 0 Å². The van der Waals surface area contributed by atoms with Crippen LogP contribution in [0.4, 0.5) is 4.39 Å². The maximum absolute atomic E-state index is 14.6. The van der Waals surface area contributed by atoms with Crippen molar-refractivity contribution in [3.05, 3.63) is 28.5 Å². The van der Waals surface area contributed by atoms with Gasteiger partial charge in [0.05, 0.1) is 10.6 Å². The zero-order valence-corrected chi connectivity index (χ0v) is 17.2. The smallest absolute Gasteiger partial charge is 0.341 e. The second-order valence-corrected chi connectivity index (χ2v) is 10.5. The van der Waals surface area contributed by atoms with Crippen LogP contribution >= 0.6 is 11.6 Å². The standard InChI is InChI=1S/C22H28ClFO3/c1-21(2,3)27-20(25)15-7-16(23)18(8-17(15)24)26-19-13-5-12-6-14(19)11-22(4,9-12)10-13/h7-8,12-14,19H,5-6,9-11H2,1-4H3. The molecular formula is C22H28ClFO3. The summed E-state index contributed by atoms with van der Waals surface area (Å²) in [4.78, 5) is 12.2. The second kappa shape index (κ2) is 6.37. The number of hydrogen-bond acceptors (Lipinski definition) is 3. The summed E-state index contributed by atoms with van der Waals surface area (Å²) in [7, 11) is 0. The maximum atomic E-state index is 14.6. The number of benzene rings is 1. The van der Waals surface area contributed by atoms with E-state index in [1.807, 2.05) is 0 Å². The van der Waals surface area contributed by atoms with Crippen LogP contribution in [-0.4, -0.2) is 17.7 Å². The topological polar surface area (TPSA) is 35.5 Å². The quantitative estimate of drug-likeness (QED) is 0.587. The van der Waals surface area contributed by atoms with E-state index in [0.29, 0.717) is 23.0 Å². The predicted octanol–water partition coefficient (Wildman–Crippen LogP) is 6.03. The number of hydrogen-bond donors (Lipinski definition) is 0. The molecule has 0 aromatic heterocycles. The van der Waals surface area contributed by atoms with E-state index >= 15 is 0 Å². The lowest BCUT2D eigenvalue weighted by Gasteiger charge is -2.58. The number of ether oxygens (including phenoxy) is 2. The number of esters is 1. The maximum Gasteiger partial charge on any atom is 0.341 e. The molecule has 4 saturated carbocycles. The van der Waals surface area contributed by atoms with Gasteiger partial charge >= 0.3 is 5.97 Å². The lowest BCUT2D eigenvalue weighted by Crippen LogP contribution is -2.54. The lowest BCUT2D eigenvalue weighted by molar-refractivity contribution is -0.117. The second-order valence-electron chi connectivity index (χ2n) is 10.1. The zero-order valence-electron chi connectivity index (χ0n) is 16.5. The fraction of sp³-hybridized carbons (Fsp3) is 0.682. The molecule has 0 heterocycles. The molecule has 2 atom stereocenters. The van der Waals surface area contributed by atoms with Gasteiger partial charge in [-0.1, -0.05) is 18.5 Å². The molecule has 4 bridgehead atoms. The highest BCUT2D eigenvalue weighted by molar-refractivity contribution is 6.32. The Bertz CT molecular complexity index is 754. The van der Waals surface area contributed by atoms with Gasteiger partial charge in [-0.05, 0) is 82.1 Å². The first-order valence-electron chi connectivity index (χ1n) is 9.92. The van der Waals surface area contributed by atoms with Gasteiger partial charge in [0.1, 0.15) is 23.3 Å². The molecule has 4 aliphatic carbocycles. The van der Waals surface area contributed by atoms with Crippen LogP contribution in [0.5, 0.6) is 5.75 Å². The Hall–Kier alpha value is -1.29. The van der Waals surface area contributed by atoms with E-state index in [9.17, 15) is 9.18 Å². The van der Waals surface area contributed by atoms with Crippen LogP contribution in [0.15, 0.2) is 12.1 Å². The molecule has 1 aromatic rings. The van der Waals surface area contributed by atoms with Crippen LogP contribution in [0.1, 0.15) is 70.2 Å². The van der Waals surface area contributed by atoms with Crippen LogP contribution in [0.25, 0.3) is 0 Å². The van der Waals surface area contributed by atoms with Gasteiger partial charge in [0, 0.05) is 6.07 Å². The van der Waals surface area contributed by atoms with E-state index in [1.54, 1.807) is 20.8 Å². The Morgan fingerprint density at radius 2 is 1.81 bits per heavy atom. The summed E-state index contributed by atoms with van der Waals surface area (Å²) >= 11 is 6.36. The summed E-state index contributed by atoms with van der Waals surface area (Å²) < 4.78 is 26.1.